The van der Waals surface area contributed by atoms with Crippen molar-refractivity contribution in [3.05, 3.63) is 48.3 Å². The summed E-state index contributed by atoms with van der Waals surface area (Å²) in [4.78, 5) is 17.4. The van der Waals surface area contributed by atoms with Gasteiger partial charge in [0, 0.05) is 31.2 Å². The fourth-order valence-electron chi connectivity index (χ4n) is 4.15. The summed E-state index contributed by atoms with van der Waals surface area (Å²) < 4.78 is 2.03. The molecule has 2 aliphatic heterocycles. The number of aromatic nitrogens is 2. The van der Waals surface area contributed by atoms with Crippen molar-refractivity contribution in [2.75, 3.05) is 24.5 Å². The van der Waals surface area contributed by atoms with Crippen molar-refractivity contribution in [3.8, 4) is 6.07 Å². The van der Waals surface area contributed by atoms with E-state index < -0.39 is 0 Å². The highest BCUT2D eigenvalue weighted by Crippen LogP contribution is 2.28. The number of nitrogens with zero attached hydrogens (tertiary/aromatic N) is 5. The molecule has 2 saturated heterocycles. The molecule has 6 nitrogen and oxygen atoms in total. The Morgan fingerprint density at radius 2 is 1.92 bits per heavy atom. The molecule has 1 aromatic heterocycles. The van der Waals surface area contributed by atoms with Gasteiger partial charge in [0.25, 0.3) is 0 Å². The van der Waals surface area contributed by atoms with Crippen LogP contribution in [0.1, 0.15) is 37.3 Å². The highest BCUT2D eigenvalue weighted by molar-refractivity contribution is 5.98. The Balaban J connectivity index is 1.49. The lowest BCUT2D eigenvalue weighted by molar-refractivity contribution is -0.126. The zero-order valence-corrected chi connectivity index (χ0v) is 14.8. The standard InChI is InChI=1S/C20H23N5O/c21-14-16-6-8-17(9-7-16)24-12-2-5-19(20(24)26)23-11-1-4-18(15-23)25-13-3-10-22-25/h3,6-10,13,18-19H,1-2,4-5,11-12,15H2. The Morgan fingerprint density at radius 1 is 1.12 bits per heavy atom. The minimum atomic E-state index is -0.0576. The summed E-state index contributed by atoms with van der Waals surface area (Å²) in [6, 6.07) is 11.7. The molecule has 2 aliphatic rings. The zero-order chi connectivity index (χ0) is 17.9. The highest BCUT2D eigenvalue weighted by atomic mass is 16.2. The molecule has 1 amide bonds. The number of likely N-dealkylation sites (tertiary alicyclic amines) is 1. The third kappa shape index (κ3) is 3.23. The van der Waals surface area contributed by atoms with Crippen LogP contribution >= 0.6 is 0 Å². The molecule has 6 heteroatoms. The van der Waals surface area contributed by atoms with E-state index >= 15 is 0 Å². The summed E-state index contributed by atoms with van der Waals surface area (Å²) in [6.07, 6.45) is 7.94. The summed E-state index contributed by atoms with van der Waals surface area (Å²) in [5, 5.41) is 13.3. The van der Waals surface area contributed by atoms with Crippen LogP contribution in [0, 0.1) is 11.3 Å². The maximum Gasteiger partial charge on any atom is 0.244 e. The molecule has 2 aromatic rings. The van der Waals surface area contributed by atoms with Crippen molar-refractivity contribution >= 4 is 11.6 Å². The first-order valence-corrected chi connectivity index (χ1v) is 9.31. The molecule has 0 N–H and O–H groups in total. The topological polar surface area (TPSA) is 65.2 Å². The number of carbonyl (C=O) groups is 1. The van der Waals surface area contributed by atoms with Crippen LogP contribution < -0.4 is 4.90 Å². The quantitative estimate of drug-likeness (QED) is 0.854. The number of hydrogen-bond donors (Lipinski definition) is 0. The van der Waals surface area contributed by atoms with Crippen LogP contribution in [0.25, 0.3) is 0 Å². The van der Waals surface area contributed by atoms with Gasteiger partial charge in [-0.3, -0.25) is 14.4 Å². The molecular formula is C20H23N5O. The molecule has 2 fully saturated rings. The normalized spacial score (nSPS) is 24.4. The summed E-state index contributed by atoms with van der Waals surface area (Å²) in [5.74, 6) is 0.182. The van der Waals surface area contributed by atoms with E-state index in [0.717, 1.165) is 51.0 Å². The number of hydrogen-bond acceptors (Lipinski definition) is 4. The number of carbonyl (C=O) groups excluding carboxylic acids is 1. The van der Waals surface area contributed by atoms with E-state index in [4.69, 9.17) is 5.26 Å². The number of nitriles is 1. The molecule has 1 aromatic carbocycles. The molecule has 0 spiro atoms. The molecule has 3 heterocycles. The van der Waals surface area contributed by atoms with Crippen LogP contribution in [-0.2, 0) is 4.79 Å². The highest BCUT2D eigenvalue weighted by Gasteiger charge is 2.36. The Bertz CT molecular complexity index is 793. The van der Waals surface area contributed by atoms with E-state index in [2.05, 4.69) is 16.1 Å². The summed E-state index contributed by atoms with van der Waals surface area (Å²) in [7, 11) is 0. The molecule has 0 aliphatic carbocycles. The number of piperidine rings is 2. The van der Waals surface area contributed by atoms with Crippen molar-refractivity contribution in [1.29, 1.82) is 5.26 Å². The van der Waals surface area contributed by atoms with E-state index in [0.29, 0.717) is 11.6 Å². The van der Waals surface area contributed by atoms with Gasteiger partial charge < -0.3 is 4.90 Å². The fourth-order valence-corrected chi connectivity index (χ4v) is 4.15. The van der Waals surface area contributed by atoms with Gasteiger partial charge >= 0.3 is 0 Å². The van der Waals surface area contributed by atoms with E-state index in [9.17, 15) is 4.79 Å². The molecule has 26 heavy (non-hydrogen) atoms. The largest absolute Gasteiger partial charge is 0.311 e. The number of rotatable bonds is 3. The van der Waals surface area contributed by atoms with Crippen LogP contribution in [0.2, 0.25) is 0 Å². The van der Waals surface area contributed by atoms with Gasteiger partial charge in [0.1, 0.15) is 0 Å². The molecule has 2 atom stereocenters. The Labute approximate surface area is 153 Å². The maximum atomic E-state index is 13.2. The summed E-state index contributed by atoms with van der Waals surface area (Å²) in [6.45, 7) is 2.59. The van der Waals surface area contributed by atoms with Crippen LogP contribution in [-0.4, -0.2) is 46.3 Å². The number of anilines is 1. The molecule has 2 unspecified atom stereocenters. The minimum Gasteiger partial charge on any atom is -0.311 e. The summed E-state index contributed by atoms with van der Waals surface area (Å²) >= 11 is 0. The van der Waals surface area contributed by atoms with Crippen LogP contribution in [0.3, 0.4) is 0 Å². The van der Waals surface area contributed by atoms with Gasteiger partial charge in [-0.15, -0.1) is 0 Å². The maximum absolute atomic E-state index is 13.2. The second-order valence-corrected chi connectivity index (χ2v) is 7.08. The lowest BCUT2D eigenvalue weighted by atomic mass is 9.97. The average Bonchev–Trinajstić information content (AvgIpc) is 3.23. The van der Waals surface area contributed by atoms with Gasteiger partial charge in [-0.05, 0) is 62.6 Å². The van der Waals surface area contributed by atoms with Gasteiger partial charge in [0.05, 0.1) is 23.7 Å². The molecule has 4 rings (SSSR count). The third-order valence-corrected chi connectivity index (χ3v) is 5.49. The average molecular weight is 349 g/mol. The van der Waals surface area contributed by atoms with Crippen molar-refractivity contribution in [2.24, 2.45) is 0 Å². The molecule has 0 saturated carbocycles. The number of benzene rings is 1. The van der Waals surface area contributed by atoms with Crippen molar-refractivity contribution in [1.82, 2.24) is 14.7 Å². The monoisotopic (exact) mass is 349 g/mol. The van der Waals surface area contributed by atoms with Crippen LogP contribution in [0.5, 0.6) is 0 Å². The lowest BCUT2D eigenvalue weighted by Crippen LogP contribution is -2.55. The Hall–Kier alpha value is -2.65. The molecular weight excluding hydrogens is 326 g/mol. The van der Waals surface area contributed by atoms with E-state index in [1.807, 2.05) is 40.2 Å². The molecule has 134 valence electrons. The molecule has 0 bridgehead atoms. The fraction of sp³-hybridized carbons (Fsp3) is 0.450. The SMILES string of the molecule is N#Cc1ccc(N2CCCC(N3CCCC(n4cccn4)C3)C2=O)cc1. The Morgan fingerprint density at radius 3 is 2.65 bits per heavy atom. The second kappa shape index (κ2) is 7.30. The van der Waals surface area contributed by atoms with Gasteiger partial charge in [-0.2, -0.15) is 10.4 Å². The predicted octanol–water partition coefficient (Wildman–Crippen LogP) is 2.59. The first-order valence-electron chi connectivity index (χ1n) is 9.31. The van der Waals surface area contributed by atoms with Crippen molar-refractivity contribution in [2.45, 2.75) is 37.8 Å². The van der Waals surface area contributed by atoms with Crippen LogP contribution in [0.4, 0.5) is 5.69 Å². The lowest BCUT2D eigenvalue weighted by Gasteiger charge is -2.42. The van der Waals surface area contributed by atoms with Gasteiger partial charge in [-0.25, -0.2) is 0 Å². The molecule has 0 radical (unpaired) electrons. The summed E-state index contributed by atoms with van der Waals surface area (Å²) in [5.41, 5.74) is 1.51. The van der Waals surface area contributed by atoms with E-state index in [1.165, 1.54) is 0 Å². The third-order valence-electron chi connectivity index (χ3n) is 5.49. The zero-order valence-electron chi connectivity index (χ0n) is 14.8. The second-order valence-electron chi connectivity index (χ2n) is 7.08. The van der Waals surface area contributed by atoms with Gasteiger partial charge in [0.15, 0.2) is 0 Å². The van der Waals surface area contributed by atoms with Crippen LogP contribution in [0.15, 0.2) is 42.7 Å². The van der Waals surface area contributed by atoms with E-state index in [1.54, 1.807) is 12.1 Å². The van der Waals surface area contributed by atoms with Gasteiger partial charge in [-0.1, -0.05) is 0 Å². The number of amides is 1. The smallest absolute Gasteiger partial charge is 0.244 e. The van der Waals surface area contributed by atoms with E-state index in [-0.39, 0.29) is 11.9 Å². The minimum absolute atomic E-state index is 0.0576. The Kier molecular flexibility index (Phi) is 4.72. The van der Waals surface area contributed by atoms with Crippen molar-refractivity contribution < 1.29 is 4.79 Å². The van der Waals surface area contributed by atoms with Gasteiger partial charge in [0.2, 0.25) is 5.91 Å². The first kappa shape index (κ1) is 16.8. The van der Waals surface area contributed by atoms with Crippen molar-refractivity contribution in [3.63, 3.8) is 0 Å². The predicted molar refractivity (Wildman–Crippen MR) is 98.6 cm³/mol. The first-order chi connectivity index (χ1) is 12.8.